The molecule has 0 N–H and O–H groups in total. The molecule has 3 heterocycles. The summed E-state index contributed by atoms with van der Waals surface area (Å²) in [5, 5.41) is 0.483. The van der Waals surface area contributed by atoms with Crippen molar-refractivity contribution in [2.24, 2.45) is 0 Å². The van der Waals surface area contributed by atoms with Crippen LogP contribution in [0.1, 0.15) is 24.8 Å². The van der Waals surface area contributed by atoms with Crippen LogP contribution in [0.4, 0.5) is 5.82 Å². The predicted molar refractivity (Wildman–Crippen MR) is 68.0 cm³/mol. The van der Waals surface area contributed by atoms with Crippen molar-refractivity contribution in [3.8, 4) is 0 Å². The van der Waals surface area contributed by atoms with Gasteiger partial charge in [0.05, 0.1) is 13.2 Å². The first kappa shape index (κ1) is 12.1. The zero-order chi connectivity index (χ0) is 12.4. The molecule has 0 spiro atoms. The molecule has 6 heteroatoms. The number of anilines is 1. The quantitative estimate of drug-likeness (QED) is 0.767. The minimum atomic E-state index is 0.00323. The molecule has 1 unspecified atom stereocenters. The zero-order valence-electron chi connectivity index (χ0n) is 10.1. The summed E-state index contributed by atoms with van der Waals surface area (Å²) in [7, 11) is 0. The van der Waals surface area contributed by atoms with Crippen molar-refractivity contribution < 1.29 is 9.47 Å². The fourth-order valence-electron chi connectivity index (χ4n) is 2.30. The van der Waals surface area contributed by atoms with Gasteiger partial charge >= 0.3 is 0 Å². The second kappa shape index (κ2) is 5.38. The van der Waals surface area contributed by atoms with Gasteiger partial charge in [-0.05, 0) is 12.8 Å². The standard InChI is InChI=1S/C12H16ClN3O2/c13-10-8-11(16-3-6-17-7-4-16)15-12(14-10)9-2-1-5-18-9/h8-9H,1-7H2. The molecule has 3 rings (SSSR count). The third-order valence-corrected chi connectivity index (χ3v) is 3.45. The molecule has 0 saturated carbocycles. The molecule has 98 valence electrons. The van der Waals surface area contributed by atoms with E-state index in [1.165, 1.54) is 0 Å². The van der Waals surface area contributed by atoms with Gasteiger partial charge in [0, 0.05) is 25.8 Å². The average molecular weight is 270 g/mol. The number of hydrogen-bond acceptors (Lipinski definition) is 5. The van der Waals surface area contributed by atoms with Gasteiger partial charge in [-0.1, -0.05) is 11.6 Å². The number of ether oxygens (including phenoxy) is 2. The highest BCUT2D eigenvalue weighted by Gasteiger charge is 2.23. The molecule has 2 aliphatic heterocycles. The minimum absolute atomic E-state index is 0.00323. The number of rotatable bonds is 2. The van der Waals surface area contributed by atoms with Crippen molar-refractivity contribution >= 4 is 17.4 Å². The van der Waals surface area contributed by atoms with Crippen LogP contribution in [0.15, 0.2) is 6.07 Å². The molecule has 18 heavy (non-hydrogen) atoms. The molecular formula is C12H16ClN3O2. The molecule has 0 bridgehead atoms. The van der Waals surface area contributed by atoms with Gasteiger partial charge in [0.1, 0.15) is 17.1 Å². The number of morpholine rings is 1. The largest absolute Gasteiger partial charge is 0.378 e. The summed E-state index contributed by atoms with van der Waals surface area (Å²) in [6, 6.07) is 1.81. The van der Waals surface area contributed by atoms with Crippen LogP contribution in [0.3, 0.4) is 0 Å². The lowest BCUT2D eigenvalue weighted by molar-refractivity contribution is 0.104. The lowest BCUT2D eigenvalue weighted by Crippen LogP contribution is -2.37. The number of hydrogen-bond donors (Lipinski definition) is 0. The first-order valence-electron chi connectivity index (χ1n) is 6.32. The Morgan fingerprint density at radius 1 is 1.22 bits per heavy atom. The third kappa shape index (κ3) is 2.58. The van der Waals surface area contributed by atoms with Gasteiger partial charge in [-0.2, -0.15) is 0 Å². The lowest BCUT2D eigenvalue weighted by atomic mass is 10.2. The van der Waals surface area contributed by atoms with E-state index in [0.717, 1.165) is 51.6 Å². The maximum absolute atomic E-state index is 6.08. The Balaban J connectivity index is 1.84. The van der Waals surface area contributed by atoms with Gasteiger partial charge in [0.15, 0.2) is 5.82 Å². The van der Waals surface area contributed by atoms with E-state index in [2.05, 4.69) is 14.9 Å². The topological polar surface area (TPSA) is 47.5 Å². The second-order valence-electron chi connectivity index (χ2n) is 4.51. The summed E-state index contributed by atoms with van der Waals surface area (Å²) in [5.41, 5.74) is 0. The van der Waals surface area contributed by atoms with Crippen LogP contribution in [-0.4, -0.2) is 42.9 Å². The monoisotopic (exact) mass is 269 g/mol. The summed E-state index contributed by atoms with van der Waals surface area (Å²) >= 11 is 6.08. The highest BCUT2D eigenvalue weighted by Crippen LogP contribution is 2.28. The number of aromatic nitrogens is 2. The van der Waals surface area contributed by atoms with Crippen LogP contribution >= 0.6 is 11.6 Å². The Hall–Kier alpha value is -0.910. The van der Waals surface area contributed by atoms with Crippen LogP contribution < -0.4 is 4.90 Å². The van der Waals surface area contributed by atoms with Crippen molar-refractivity contribution in [2.75, 3.05) is 37.8 Å². The van der Waals surface area contributed by atoms with E-state index in [0.29, 0.717) is 11.0 Å². The summed E-state index contributed by atoms with van der Waals surface area (Å²) in [6.45, 7) is 3.94. The summed E-state index contributed by atoms with van der Waals surface area (Å²) in [4.78, 5) is 11.0. The van der Waals surface area contributed by atoms with E-state index in [-0.39, 0.29) is 6.10 Å². The normalized spacial score (nSPS) is 24.5. The molecule has 5 nitrogen and oxygen atoms in total. The maximum Gasteiger partial charge on any atom is 0.161 e. The molecule has 0 amide bonds. The molecule has 2 aliphatic rings. The van der Waals surface area contributed by atoms with E-state index >= 15 is 0 Å². The molecule has 0 radical (unpaired) electrons. The van der Waals surface area contributed by atoms with E-state index in [9.17, 15) is 0 Å². The van der Waals surface area contributed by atoms with Gasteiger partial charge in [-0.3, -0.25) is 0 Å². The average Bonchev–Trinajstić information content (AvgIpc) is 2.93. The summed E-state index contributed by atoms with van der Waals surface area (Å²) in [5.74, 6) is 1.59. The van der Waals surface area contributed by atoms with Gasteiger partial charge in [0.25, 0.3) is 0 Å². The Morgan fingerprint density at radius 2 is 2.06 bits per heavy atom. The van der Waals surface area contributed by atoms with Crippen molar-refractivity contribution in [3.05, 3.63) is 17.0 Å². The van der Waals surface area contributed by atoms with Crippen LogP contribution in [-0.2, 0) is 9.47 Å². The van der Waals surface area contributed by atoms with Crippen molar-refractivity contribution in [1.29, 1.82) is 0 Å². The highest BCUT2D eigenvalue weighted by molar-refractivity contribution is 6.29. The van der Waals surface area contributed by atoms with Gasteiger partial charge in [0.2, 0.25) is 0 Å². The first-order valence-corrected chi connectivity index (χ1v) is 6.69. The van der Waals surface area contributed by atoms with Crippen LogP contribution in [0.2, 0.25) is 5.15 Å². The molecule has 1 aromatic rings. The van der Waals surface area contributed by atoms with Crippen molar-refractivity contribution in [1.82, 2.24) is 9.97 Å². The molecule has 2 saturated heterocycles. The smallest absolute Gasteiger partial charge is 0.161 e. The Kier molecular flexibility index (Phi) is 3.63. The third-order valence-electron chi connectivity index (χ3n) is 3.25. The fourth-order valence-corrected chi connectivity index (χ4v) is 2.49. The van der Waals surface area contributed by atoms with Gasteiger partial charge in [-0.25, -0.2) is 9.97 Å². The Labute approximate surface area is 111 Å². The van der Waals surface area contributed by atoms with Gasteiger partial charge < -0.3 is 14.4 Å². The fraction of sp³-hybridized carbons (Fsp3) is 0.667. The molecule has 0 aliphatic carbocycles. The lowest BCUT2D eigenvalue weighted by Gasteiger charge is -2.28. The van der Waals surface area contributed by atoms with Crippen LogP contribution in [0.5, 0.6) is 0 Å². The number of halogens is 1. The minimum Gasteiger partial charge on any atom is -0.378 e. The van der Waals surface area contributed by atoms with E-state index in [4.69, 9.17) is 21.1 Å². The molecular weight excluding hydrogens is 254 g/mol. The molecule has 0 aromatic carbocycles. The second-order valence-corrected chi connectivity index (χ2v) is 4.90. The van der Waals surface area contributed by atoms with Gasteiger partial charge in [-0.15, -0.1) is 0 Å². The van der Waals surface area contributed by atoms with E-state index in [1.54, 1.807) is 0 Å². The van der Waals surface area contributed by atoms with Crippen LogP contribution in [0, 0.1) is 0 Å². The van der Waals surface area contributed by atoms with Crippen molar-refractivity contribution in [3.63, 3.8) is 0 Å². The van der Waals surface area contributed by atoms with Crippen LogP contribution in [0.25, 0.3) is 0 Å². The Morgan fingerprint density at radius 3 is 2.78 bits per heavy atom. The predicted octanol–water partition coefficient (Wildman–Crippen LogP) is 1.82. The number of nitrogens with zero attached hydrogens (tertiary/aromatic N) is 3. The molecule has 1 atom stereocenters. The van der Waals surface area contributed by atoms with E-state index in [1.807, 2.05) is 6.07 Å². The Bertz CT molecular complexity index is 418. The van der Waals surface area contributed by atoms with Crippen molar-refractivity contribution in [2.45, 2.75) is 18.9 Å². The molecule has 1 aromatic heterocycles. The molecule has 2 fully saturated rings. The van der Waals surface area contributed by atoms with E-state index < -0.39 is 0 Å². The summed E-state index contributed by atoms with van der Waals surface area (Å²) < 4.78 is 10.9. The zero-order valence-corrected chi connectivity index (χ0v) is 10.9. The first-order chi connectivity index (χ1) is 8.83. The maximum atomic E-state index is 6.08. The summed E-state index contributed by atoms with van der Waals surface area (Å²) in [6.07, 6.45) is 2.04. The highest BCUT2D eigenvalue weighted by atomic mass is 35.5. The SMILES string of the molecule is Clc1cc(N2CCOCC2)nc(C2CCCO2)n1.